The Morgan fingerprint density at radius 3 is 2.60 bits per heavy atom. The minimum atomic E-state index is -4.29. The average Bonchev–Trinajstić information content (AvgIpc) is 3.02. The van der Waals surface area contributed by atoms with Crippen molar-refractivity contribution >= 4 is 11.9 Å². The van der Waals surface area contributed by atoms with Gasteiger partial charge in [-0.05, 0) is 25.3 Å². The minimum Gasteiger partial charge on any atom is -0.481 e. The zero-order valence-corrected chi connectivity index (χ0v) is 12.9. The summed E-state index contributed by atoms with van der Waals surface area (Å²) in [5.41, 5.74) is 0.117. The van der Waals surface area contributed by atoms with Crippen LogP contribution in [-0.2, 0) is 4.79 Å². The minimum absolute atomic E-state index is 0.117. The predicted octanol–water partition coefficient (Wildman–Crippen LogP) is 2.34. The number of amides is 1. The zero-order valence-electron chi connectivity index (χ0n) is 12.9. The molecule has 0 aromatic carbocycles. The van der Waals surface area contributed by atoms with Gasteiger partial charge in [0.25, 0.3) is 5.91 Å². The fourth-order valence-corrected chi connectivity index (χ4v) is 2.44. The maximum Gasteiger partial charge on any atom is 0.340 e. The summed E-state index contributed by atoms with van der Waals surface area (Å²) in [6.07, 6.45) is -1.43. The maximum absolute atomic E-state index is 12.7. The fourth-order valence-electron chi connectivity index (χ4n) is 2.44. The number of halogens is 4. The number of ether oxygens (including phenoxy) is 1. The van der Waals surface area contributed by atoms with Gasteiger partial charge in [0.1, 0.15) is 0 Å². The molecule has 10 heteroatoms. The third-order valence-electron chi connectivity index (χ3n) is 3.85. The summed E-state index contributed by atoms with van der Waals surface area (Å²) in [6.45, 7) is -1.53. The van der Waals surface area contributed by atoms with Gasteiger partial charge in [-0.25, -0.2) is 13.8 Å². The number of rotatable bonds is 7. The fraction of sp³-hybridized carbons (Fsp3) is 0.533. The molecule has 1 aliphatic carbocycles. The highest BCUT2D eigenvalue weighted by atomic mass is 19.3. The molecule has 1 heterocycles. The van der Waals surface area contributed by atoms with E-state index in [-0.39, 0.29) is 17.5 Å². The number of carbonyl (C=O) groups excluding carboxylic acids is 1. The van der Waals surface area contributed by atoms with Gasteiger partial charge in [0.15, 0.2) is 6.61 Å². The first kappa shape index (κ1) is 18.9. The van der Waals surface area contributed by atoms with Gasteiger partial charge in [0, 0.05) is 18.3 Å². The van der Waals surface area contributed by atoms with Crippen molar-refractivity contribution in [1.82, 2.24) is 10.3 Å². The van der Waals surface area contributed by atoms with Gasteiger partial charge in [0.05, 0.1) is 11.5 Å². The van der Waals surface area contributed by atoms with Gasteiger partial charge >= 0.3 is 18.3 Å². The van der Waals surface area contributed by atoms with E-state index >= 15 is 0 Å². The van der Waals surface area contributed by atoms with E-state index < -0.39 is 36.7 Å². The molecule has 2 N–H and O–H groups in total. The summed E-state index contributed by atoms with van der Waals surface area (Å²) in [5, 5.41) is 11.6. The molecule has 2 rings (SSSR count). The summed E-state index contributed by atoms with van der Waals surface area (Å²) in [6, 6.07) is 2.10. The highest BCUT2D eigenvalue weighted by molar-refractivity contribution is 5.94. The molecule has 0 saturated heterocycles. The van der Waals surface area contributed by atoms with E-state index in [4.69, 9.17) is 5.11 Å². The van der Waals surface area contributed by atoms with Crippen molar-refractivity contribution in [3.05, 3.63) is 23.9 Å². The second-order valence-corrected chi connectivity index (χ2v) is 5.75. The maximum atomic E-state index is 12.7. The van der Waals surface area contributed by atoms with Crippen molar-refractivity contribution in [1.29, 1.82) is 0 Å². The smallest absolute Gasteiger partial charge is 0.340 e. The SMILES string of the molecule is O=C(N[C@@H]1CC[C@H](C(=O)O)C1)c1ccc(OCC(F)(F)C(F)F)nc1. The molecule has 1 aromatic heterocycles. The van der Waals surface area contributed by atoms with E-state index in [2.05, 4.69) is 15.0 Å². The predicted molar refractivity (Wildman–Crippen MR) is 76.9 cm³/mol. The van der Waals surface area contributed by atoms with Gasteiger partial charge < -0.3 is 15.2 Å². The van der Waals surface area contributed by atoms with Gasteiger partial charge in [-0.2, -0.15) is 8.78 Å². The highest BCUT2D eigenvalue weighted by Crippen LogP contribution is 2.26. The molecule has 1 amide bonds. The lowest BCUT2D eigenvalue weighted by Crippen LogP contribution is -2.34. The van der Waals surface area contributed by atoms with E-state index in [0.29, 0.717) is 19.3 Å². The summed E-state index contributed by atoms with van der Waals surface area (Å²) in [5.74, 6) is -6.49. The van der Waals surface area contributed by atoms with Gasteiger partial charge in [-0.15, -0.1) is 0 Å². The van der Waals surface area contributed by atoms with E-state index in [9.17, 15) is 27.2 Å². The number of carboxylic acids is 1. The number of aromatic nitrogens is 1. The Morgan fingerprint density at radius 2 is 2.08 bits per heavy atom. The Labute approximate surface area is 140 Å². The summed E-state index contributed by atoms with van der Waals surface area (Å²) in [4.78, 5) is 26.5. The molecule has 0 unspecified atom stereocenters. The molecule has 138 valence electrons. The standard InChI is InChI=1S/C15H16F4N2O4/c16-14(17)15(18,19)7-25-11-4-2-9(6-20-11)12(22)21-10-3-1-8(5-10)13(23)24/h2,4,6,8,10,14H,1,3,5,7H2,(H,21,22)(H,23,24)/t8-,10+/m0/s1. The number of hydrogen-bond donors (Lipinski definition) is 2. The molecule has 1 aliphatic rings. The number of nitrogens with zero attached hydrogens (tertiary/aromatic N) is 1. The van der Waals surface area contributed by atoms with Crippen molar-refractivity contribution in [3.63, 3.8) is 0 Å². The van der Waals surface area contributed by atoms with Gasteiger partial charge in [0.2, 0.25) is 5.88 Å². The lowest BCUT2D eigenvalue weighted by Gasteiger charge is -2.15. The van der Waals surface area contributed by atoms with Crippen LogP contribution in [0.4, 0.5) is 17.6 Å². The third-order valence-corrected chi connectivity index (χ3v) is 3.85. The van der Waals surface area contributed by atoms with Gasteiger partial charge in [-0.1, -0.05) is 0 Å². The van der Waals surface area contributed by atoms with Crippen molar-refractivity contribution in [2.24, 2.45) is 5.92 Å². The van der Waals surface area contributed by atoms with Crippen LogP contribution in [0.15, 0.2) is 18.3 Å². The van der Waals surface area contributed by atoms with Crippen LogP contribution in [-0.4, -0.2) is 47.0 Å². The topological polar surface area (TPSA) is 88.5 Å². The molecule has 6 nitrogen and oxygen atoms in total. The number of aliphatic carboxylic acids is 1. The number of alkyl halides is 4. The lowest BCUT2D eigenvalue weighted by molar-refractivity contribution is -0.148. The molecule has 1 saturated carbocycles. The second kappa shape index (κ2) is 7.66. The Morgan fingerprint density at radius 1 is 1.36 bits per heavy atom. The quantitative estimate of drug-likeness (QED) is 0.725. The Hall–Kier alpha value is -2.39. The van der Waals surface area contributed by atoms with Crippen molar-refractivity contribution in [3.8, 4) is 5.88 Å². The van der Waals surface area contributed by atoms with E-state index in [1.807, 2.05) is 0 Å². The first-order chi connectivity index (χ1) is 11.7. The largest absolute Gasteiger partial charge is 0.481 e. The molecule has 0 bridgehead atoms. The number of carboxylic acid groups (broad SMARTS) is 1. The first-order valence-electron chi connectivity index (χ1n) is 7.47. The van der Waals surface area contributed by atoms with Gasteiger partial charge in [-0.3, -0.25) is 9.59 Å². The average molecular weight is 364 g/mol. The number of hydrogen-bond acceptors (Lipinski definition) is 4. The Kier molecular flexibility index (Phi) is 5.81. The van der Waals surface area contributed by atoms with Crippen LogP contribution in [0, 0.1) is 5.92 Å². The molecule has 0 spiro atoms. The van der Waals surface area contributed by atoms with Crippen LogP contribution in [0.1, 0.15) is 29.6 Å². The number of nitrogens with one attached hydrogen (secondary N) is 1. The van der Waals surface area contributed by atoms with E-state index in [1.165, 1.54) is 6.07 Å². The van der Waals surface area contributed by atoms with Crippen molar-refractivity contribution in [2.75, 3.05) is 6.61 Å². The van der Waals surface area contributed by atoms with Crippen LogP contribution in [0.25, 0.3) is 0 Å². The van der Waals surface area contributed by atoms with Crippen LogP contribution in [0.2, 0.25) is 0 Å². The monoisotopic (exact) mass is 364 g/mol. The Balaban J connectivity index is 1.87. The molecule has 2 atom stereocenters. The lowest BCUT2D eigenvalue weighted by atomic mass is 10.1. The van der Waals surface area contributed by atoms with Crippen LogP contribution in [0.3, 0.4) is 0 Å². The van der Waals surface area contributed by atoms with Crippen LogP contribution in [0.5, 0.6) is 5.88 Å². The summed E-state index contributed by atoms with van der Waals surface area (Å²) < 4.78 is 54.0. The molecular weight excluding hydrogens is 348 g/mol. The molecule has 1 fully saturated rings. The number of pyridine rings is 1. The molecule has 0 aliphatic heterocycles. The number of carbonyl (C=O) groups is 2. The molecular formula is C15H16F4N2O4. The highest BCUT2D eigenvalue weighted by Gasteiger charge is 2.41. The molecule has 25 heavy (non-hydrogen) atoms. The van der Waals surface area contributed by atoms with Crippen molar-refractivity contribution in [2.45, 2.75) is 37.7 Å². The zero-order chi connectivity index (χ0) is 18.6. The molecule has 1 aromatic rings. The summed E-state index contributed by atoms with van der Waals surface area (Å²) in [7, 11) is 0. The Bertz CT molecular complexity index is 624. The second-order valence-electron chi connectivity index (χ2n) is 5.75. The van der Waals surface area contributed by atoms with Crippen LogP contribution < -0.4 is 10.1 Å². The normalized spacial score (nSPS) is 20.5. The molecule has 0 radical (unpaired) electrons. The third kappa shape index (κ3) is 5.04. The van der Waals surface area contributed by atoms with Crippen molar-refractivity contribution < 1.29 is 37.0 Å². The summed E-state index contributed by atoms with van der Waals surface area (Å²) >= 11 is 0. The first-order valence-corrected chi connectivity index (χ1v) is 7.47. The van der Waals surface area contributed by atoms with E-state index in [1.54, 1.807) is 0 Å². The van der Waals surface area contributed by atoms with Crippen LogP contribution >= 0.6 is 0 Å². The van der Waals surface area contributed by atoms with E-state index in [0.717, 1.165) is 12.3 Å².